The van der Waals surface area contributed by atoms with Crippen LogP contribution in [-0.2, 0) is 0 Å². The molecule has 16 heavy (non-hydrogen) atoms. The molecular weight excluding hydrogens is 206 g/mol. The molecule has 0 aromatic heterocycles. The number of nitrogens with zero attached hydrogens (tertiary/aromatic N) is 1. The second-order valence-electron chi connectivity index (χ2n) is 3.98. The molecule has 1 aromatic carbocycles. The largest absolute Gasteiger partial charge is 0.486 e. The number of rotatable bonds is 4. The predicted octanol–water partition coefficient (Wildman–Crippen LogP) is 0.750. The molecule has 1 aliphatic heterocycles. The van der Waals surface area contributed by atoms with Gasteiger partial charge >= 0.3 is 0 Å². The first kappa shape index (κ1) is 11.2. The molecule has 0 saturated heterocycles. The van der Waals surface area contributed by atoms with Crippen molar-refractivity contribution in [2.75, 3.05) is 33.4 Å². The third kappa shape index (κ3) is 2.65. The fraction of sp³-hybridized carbons (Fsp3) is 0.500. The predicted molar refractivity (Wildman–Crippen MR) is 60.9 cm³/mol. The molecule has 88 valence electrons. The molecule has 0 aliphatic carbocycles. The maximum Gasteiger partial charge on any atom is 0.161 e. The maximum atomic E-state index is 8.81. The van der Waals surface area contributed by atoms with Crippen molar-refractivity contribution in [2.45, 2.75) is 6.10 Å². The Balaban J connectivity index is 1.92. The Morgan fingerprint density at radius 3 is 2.88 bits per heavy atom. The molecule has 1 atom stereocenters. The lowest BCUT2D eigenvalue weighted by molar-refractivity contribution is 0.0613. The van der Waals surface area contributed by atoms with Crippen LogP contribution in [0.3, 0.4) is 0 Å². The summed E-state index contributed by atoms with van der Waals surface area (Å²) >= 11 is 0. The SMILES string of the molecule is CN(CCO)C[C@@H]1COc2ccccc2O1. The van der Waals surface area contributed by atoms with E-state index in [1.807, 2.05) is 36.2 Å². The molecule has 1 N–H and O–H groups in total. The van der Waals surface area contributed by atoms with E-state index in [2.05, 4.69) is 0 Å². The van der Waals surface area contributed by atoms with Gasteiger partial charge in [-0.15, -0.1) is 0 Å². The molecule has 1 aliphatic rings. The van der Waals surface area contributed by atoms with Crippen LogP contribution < -0.4 is 9.47 Å². The van der Waals surface area contributed by atoms with E-state index >= 15 is 0 Å². The first-order valence-corrected chi connectivity index (χ1v) is 5.47. The third-order valence-electron chi connectivity index (χ3n) is 2.56. The third-order valence-corrected chi connectivity index (χ3v) is 2.56. The van der Waals surface area contributed by atoms with Gasteiger partial charge in [-0.25, -0.2) is 0 Å². The molecule has 0 amide bonds. The number of aliphatic hydroxyl groups is 1. The highest BCUT2D eigenvalue weighted by molar-refractivity contribution is 5.40. The monoisotopic (exact) mass is 223 g/mol. The van der Waals surface area contributed by atoms with E-state index in [1.54, 1.807) is 0 Å². The second-order valence-corrected chi connectivity index (χ2v) is 3.98. The Morgan fingerprint density at radius 1 is 1.38 bits per heavy atom. The summed E-state index contributed by atoms with van der Waals surface area (Å²) in [6.07, 6.45) is 0.0337. The van der Waals surface area contributed by atoms with Crippen molar-refractivity contribution < 1.29 is 14.6 Å². The van der Waals surface area contributed by atoms with Gasteiger partial charge in [0.05, 0.1) is 6.61 Å². The number of hydrogen-bond acceptors (Lipinski definition) is 4. The Kier molecular flexibility index (Phi) is 3.64. The van der Waals surface area contributed by atoms with Crippen LogP contribution in [0.15, 0.2) is 24.3 Å². The quantitative estimate of drug-likeness (QED) is 0.818. The molecule has 0 saturated carbocycles. The molecule has 1 aromatic rings. The molecule has 4 heteroatoms. The molecule has 0 radical (unpaired) electrons. The van der Waals surface area contributed by atoms with Gasteiger partial charge in [-0.1, -0.05) is 12.1 Å². The molecule has 0 bridgehead atoms. The number of hydrogen-bond donors (Lipinski definition) is 1. The standard InChI is InChI=1S/C12H17NO3/c1-13(6-7-14)8-10-9-15-11-4-2-3-5-12(11)16-10/h2-5,10,14H,6-9H2,1H3/t10-/m1/s1. The lowest BCUT2D eigenvalue weighted by Gasteiger charge is -2.29. The van der Waals surface area contributed by atoms with Gasteiger partial charge in [-0.3, -0.25) is 0 Å². The zero-order chi connectivity index (χ0) is 11.4. The van der Waals surface area contributed by atoms with Gasteiger partial charge in [-0.05, 0) is 19.2 Å². The molecular formula is C12H17NO3. The average Bonchev–Trinajstić information content (AvgIpc) is 2.29. The summed E-state index contributed by atoms with van der Waals surface area (Å²) in [6.45, 7) is 2.14. The fourth-order valence-electron chi connectivity index (χ4n) is 1.76. The summed E-state index contributed by atoms with van der Waals surface area (Å²) in [7, 11) is 1.96. The zero-order valence-electron chi connectivity index (χ0n) is 9.43. The summed E-state index contributed by atoms with van der Waals surface area (Å²) in [5.41, 5.74) is 0. The van der Waals surface area contributed by atoms with Crippen molar-refractivity contribution in [3.63, 3.8) is 0 Å². The first-order valence-electron chi connectivity index (χ1n) is 5.47. The highest BCUT2D eigenvalue weighted by Gasteiger charge is 2.21. The Hall–Kier alpha value is -1.26. The summed E-state index contributed by atoms with van der Waals surface area (Å²) in [6, 6.07) is 7.68. The molecule has 2 rings (SSSR count). The Bertz CT molecular complexity index is 343. The Labute approximate surface area is 95.4 Å². The maximum absolute atomic E-state index is 8.81. The van der Waals surface area contributed by atoms with Crippen molar-refractivity contribution in [2.24, 2.45) is 0 Å². The molecule has 0 unspecified atom stereocenters. The number of ether oxygens (including phenoxy) is 2. The van der Waals surface area contributed by atoms with E-state index in [0.29, 0.717) is 13.2 Å². The van der Waals surface area contributed by atoms with Crippen LogP contribution in [0.1, 0.15) is 0 Å². The summed E-state index contributed by atoms with van der Waals surface area (Å²) in [5, 5.41) is 8.81. The molecule has 0 spiro atoms. The normalized spacial score (nSPS) is 18.8. The van der Waals surface area contributed by atoms with Crippen molar-refractivity contribution >= 4 is 0 Å². The van der Waals surface area contributed by atoms with Gasteiger partial charge in [0.15, 0.2) is 11.5 Å². The van der Waals surface area contributed by atoms with E-state index in [9.17, 15) is 0 Å². The minimum absolute atomic E-state index is 0.0337. The fourth-order valence-corrected chi connectivity index (χ4v) is 1.76. The van der Waals surface area contributed by atoms with E-state index in [0.717, 1.165) is 18.0 Å². The van der Waals surface area contributed by atoms with Crippen molar-refractivity contribution in [3.8, 4) is 11.5 Å². The highest BCUT2D eigenvalue weighted by Crippen LogP contribution is 2.30. The van der Waals surface area contributed by atoms with Crippen LogP contribution >= 0.6 is 0 Å². The van der Waals surface area contributed by atoms with Crippen molar-refractivity contribution in [1.82, 2.24) is 4.90 Å². The van der Waals surface area contributed by atoms with Crippen LogP contribution in [0.4, 0.5) is 0 Å². The number of benzene rings is 1. The molecule has 1 heterocycles. The first-order chi connectivity index (χ1) is 7.79. The number of para-hydroxylation sites is 2. The van der Waals surface area contributed by atoms with Crippen LogP contribution in [0, 0.1) is 0 Å². The summed E-state index contributed by atoms with van der Waals surface area (Å²) in [4.78, 5) is 2.03. The van der Waals surface area contributed by atoms with Crippen molar-refractivity contribution in [1.29, 1.82) is 0 Å². The van der Waals surface area contributed by atoms with Crippen LogP contribution in [-0.4, -0.2) is 49.5 Å². The van der Waals surface area contributed by atoms with Gasteiger partial charge in [-0.2, -0.15) is 0 Å². The number of aliphatic hydroxyl groups excluding tert-OH is 1. The topological polar surface area (TPSA) is 41.9 Å². The smallest absolute Gasteiger partial charge is 0.161 e. The van der Waals surface area contributed by atoms with Gasteiger partial charge in [0.2, 0.25) is 0 Å². The highest BCUT2D eigenvalue weighted by atomic mass is 16.6. The lowest BCUT2D eigenvalue weighted by Crippen LogP contribution is -2.40. The summed E-state index contributed by atoms with van der Waals surface area (Å²) in [5.74, 6) is 1.61. The van der Waals surface area contributed by atoms with Gasteiger partial charge in [0, 0.05) is 13.1 Å². The lowest BCUT2D eigenvalue weighted by atomic mass is 10.2. The van der Waals surface area contributed by atoms with Gasteiger partial charge in [0.1, 0.15) is 12.7 Å². The average molecular weight is 223 g/mol. The molecule has 4 nitrogen and oxygen atoms in total. The Morgan fingerprint density at radius 2 is 2.12 bits per heavy atom. The zero-order valence-corrected chi connectivity index (χ0v) is 9.43. The van der Waals surface area contributed by atoms with E-state index in [4.69, 9.17) is 14.6 Å². The minimum atomic E-state index is 0.0337. The number of fused-ring (bicyclic) bond motifs is 1. The van der Waals surface area contributed by atoms with E-state index < -0.39 is 0 Å². The summed E-state index contributed by atoms with van der Waals surface area (Å²) < 4.78 is 11.4. The van der Waals surface area contributed by atoms with E-state index in [1.165, 1.54) is 0 Å². The van der Waals surface area contributed by atoms with Crippen LogP contribution in [0.25, 0.3) is 0 Å². The van der Waals surface area contributed by atoms with E-state index in [-0.39, 0.29) is 12.7 Å². The van der Waals surface area contributed by atoms with Gasteiger partial charge < -0.3 is 19.5 Å². The van der Waals surface area contributed by atoms with Crippen molar-refractivity contribution in [3.05, 3.63) is 24.3 Å². The molecule has 0 fully saturated rings. The number of likely N-dealkylation sites (N-methyl/N-ethyl adjacent to an activating group) is 1. The van der Waals surface area contributed by atoms with Crippen LogP contribution in [0.5, 0.6) is 11.5 Å². The van der Waals surface area contributed by atoms with Gasteiger partial charge in [0.25, 0.3) is 0 Å². The van der Waals surface area contributed by atoms with Crippen LogP contribution in [0.2, 0.25) is 0 Å². The minimum Gasteiger partial charge on any atom is -0.486 e. The second kappa shape index (κ2) is 5.18.